The zero-order valence-electron chi connectivity index (χ0n) is 16.3. The third-order valence-corrected chi connectivity index (χ3v) is 5.20. The van der Waals surface area contributed by atoms with Gasteiger partial charge in [0, 0.05) is 37.6 Å². The molecule has 0 aliphatic carbocycles. The van der Waals surface area contributed by atoms with Crippen LogP contribution >= 0.6 is 0 Å². The van der Waals surface area contributed by atoms with Crippen molar-refractivity contribution in [1.82, 2.24) is 15.2 Å². The largest absolute Gasteiger partial charge is 0.386 e. The summed E-state index contributed by atoms with van der Waals surface area (Å²) in [4.78, 5) is 36.4. The number of amides is 3. The number of carbonyl (C=O) groups excluding carboxylic acids is 2. The van der Waals surface area contributed by atoms with E-state index in [9.17, 15) is 14.0 Å². The topological polar surface area (TPSA) is 95.9 Å². The minimum atomic E-state index is -0.695. The van der Waals surface area contributed by atoms with Gasteiger partial charge in [-0.1, -0.05) is 11.2 Å². The second-order valence-electron chi connectivity index (χ2n) is 7.50. The first kappa shape index (κ1) is 19.8. The first-order chi connectivity index (χ1) is 14.5. The molecule has 156 valence electrons. The van der Waals surface area contributed by atoms with Crippen molar-refractivity contribution < 1.29 is 18.8 Å². The maximum atomic E-state index is 13.0. The van der Waals surface area contributed by atoms with Gasteiger partial charge in [-0.3, -0.25) is 9.78 Å². The van der Waals surface area contributed by atoms with Gasteiger partial charge in [-0.25, -0.2) is 9.18 Å². The summed E-state index contributed by atoms with van der Waals surface area (Å²) in [5.41, 5.74) is 1.03. The van der Waals surface area contributed by atoms with Crippen LogP contribution in [-0.2, 0) is 16.2 Å². The quantitative estimate of drug-likeness (QED) is 0.809. The Morgan fingerprint density at radius 1 is 1.23 bits per heavy atom. The maximum Gasteiger partial charge on any atom is 0.321 e. The van der Waals surface area contributed by atoms with Crippen LogP contribution in [0.2, 0.25) is 0 Å². The van der Waals surface area contributed by atoms with E-state index in [1.54, 1.807) is 23.4 Å². The number of piperidine rings is 1. The van der Waals surface area contributed by atoms with Gasteiger partial charge in [0.25, 0.3) is 5.91 Å². The Labute approximate surface area is 173 Å². The molecule has 1 fully saturated rings. The highest BCUT2D eigenvalue weighted by molar-refractivity contribution is 6.39. The molecule has 9 heteroatoms. The molecule has 1 saturated heterocycles. The van der Waals surface area contributed by atoms with Gasteiger partial charge < -0.3 is 20.4 Å². The number of aromatic nitrogens is 1. The van der Waals surface area contributed by atoms with Gasteiger partial charge in [-0.2, -0.15) is 0 Å². The van der Waals surface area contributed by atoms with Crippen molar-refractivity contribution >= 4 is 23.3 Å². The van der Waals surface area contributed by atoms with Crippen molar-refractivity contribution in [3.63, 3.8) is 0 Å². The minimum Gasteiger partial charge on any atom is -0.386 e. The van der Waals surface area contributed by atoms with Crippen molar-refractivity contribution in [2.75, 3.05) is 18.4 Å². The number of rotatable bonds is 4. The predicted molar refractivity (Wildman–Crippen MR) is 108 cm³/mol. The first-order valence-electron chi connectivity index (χ1n) is 9.77. The number of nitrogens with one attached hydrogen (secondary N) is 2. The molecule has 0 bridgehead atoms. The predicted octanol–water partition coefficient (Wildman–Crippen LogP) is 2.68. The monoisotopic (exact) mass is 411 g/mol. The number of hydrogen-bond donors (Lipinski definition) is 2. The number of likely N-dealkylation sites (tertiary alicyclic amines) is 1. The van der Waals surface area contributed by atoms with Gasteiger partial charge in [0.15, 0.2) is 5.60 Å². The van der Waals surface area contributed by atoms with Gasteiger partial charge in [0.1, 0.15) is 11.5 Å². The molecule has 1 aromatic carbocycles. The van der Waals surface area contributed by atoms with E-state index in [0.717, 1.165) is 12.0 Å². The number of urea groups is 1. The second-order valence-corrected chi connectivity index (χ2v) is 7.50. The molecule has 30 heavy (non-hydrogen) atoms. The minimum absolute atomic E-state index is 0.288. The van der Waals surface area contributed by atoms with Crippen LogP contribution in [-0.4, -0.2) is 46.2 Å². The number of pyridine rings is 1. The average Bonchev–Trinajstić information content (AvgIpc) is 3.17. The van der Waals surface area contributed by atoms with Crippen LogP contribution in [0, 0.1) is 5.82 Å². The molecule has 8 nitrogen and oxygen atoms in total. The molecule has 0 unspecified atom stereocenters. The summed E-state index contributed by atoms with van der Waals surface area (Å²) in [6.45, 7) is 1.24. The van der Waals surface area contributed by atoms with Gasteiger partial charge >= 0.3 is 6.03 Å². The molecule has 2 aliphatic heterocycles. The standard InChI is InChI=1S/C21H22FN5O3/c22-16-4-6-17(7-5-16)25-20(29)27-10-2-8-21(14-27)11-18(26-30-21)19(28)24-13-15-3-1-9-23-12-15/h1,3-7,9,12H,2,8,10-11,13-14H2,(H,24,28)(H,25,29)/t21-/m0/s1. The number of oxime groups is 1. The summed E-state index contributed by atoms with van der Waals surface area (Å²) in [7, 11) is 0. The molecule has 2 aromatic rings. The summed E-state index contributed by atoms with van der Waals surface area (Å²) >= 11 is 0. The number of nitrogens with zero attached hydrogens (tertiary/aromatic N) is 3. The zero-order chi connectivity index (χ0) is 21.0. The maximum absolute atomic E-state index is 13.0. The molecule has 1 spiro atoms. The summed E-state index contributed by atoms with van der Waals surface area (Å²) < 4.78 is 13.0. The van der Waals surface area contributed by atoms with Crippen LogP contribution < -0.4 is 10.6 Å². The van der Waals surface area contributed by atoms with E-state index in [2.05, 4.69) is 20.8 Å². The summed E-state index contributed by atoms with van der Waals surface area (Å²) in [6, 6.07) is 8.98. The number of benzene rings is 1. The second kappa shape index (κ2) is 8.48. The van der Waals surface area contributed by atoms with Crippen molar-refractivity contribution in [1.29, 1.82) is 0 Å². The van der Waals surface area contributed by atoms with E-state index in [1.165, 1.54) is 24.3 Å². The molecular weight excluding hydrogens is 389 g/mol. The highest BCUT2D eigenvalue weighted by Crippen LogP contribution is 2.33. The van der Waals surface area contributed by atoms with E-state index >= 15 is 0 Å². The molecular formula is C21H22FN5O3. The molecule has 1 aromatic heterocycles. The van der Waals surface area contributed by atoms with E-state index < -0.39 is 5.60 Å². The van der Waals surface area contributed by atoms with Crippen LogP contribution in [0.4, 0.5) is 14.9 Å². The van der Waals surface area contributed by atoms with Crippen molar-refractivity contribution in [3.05, 3.63) is 60.2 Å². The molecule has 1 atom stereocenters. The highest BCUT2D eigenvalue weighted by Gasteiger charge is 2.45. The van der Waals surface area contributed by atoms with Crippen molar-refractivity contribution in [2.45, 2.75) is 31.4 Å². The number of carbonyl (C=O) groups is 2. The van der Waals surface area contributed by atoms with E-state index in [-0.39, 0.29) is 17.8 Å². The molecule has 0 radical (unpaired) electrons. The Morgan fingerprint density at radius 3 is 2.83 bits per heavy atom. The van der Waals surface area contributed by atoms with Crippen LogP contribution in [0.25, 0.3) is 0 Å². The summed E-state index contributed by atoms with van der Waals surface area (Å²) in [6.07, 6.45) is 5.14. The Hall–Kier alpha value is -3.49. The lowest BCUT2D eigenvalue weighted by molar-refractivity contribution is -0.115. The molecule has 2 N–H and O–H groups in total. The lowest BCUT2D eigenvalue weighted by atomic mass is 9.88. The van der Waals surface area contributed by atoms with Crippen LogP contribution in [0.15, 0.2) is 53.9 Å². The van der Waals surface area contributed by atoms with Crippen molar-refractivity contribution in [2.24, 2.45) is 5.16 Å². The van der Waals surface area contributed by atoms with Gasteiger partial charge in [0.05, 0.1) is 6.54 Å². The fourth-order valence-electron chi connectivity index (χ4n) is 3.66. The normalized spacial score (nSPS) is 20.4. The Morgan fingerprint density at radius 2 is 2.07 bits per heavy atom. The number of anilines is 1. The Bertz CT molecular complexity index is 951. The lowest BCUT2D eigenvalue weighted by Gasteiger charge is -2.38. The van der Waals surface area contributed by atoms with Gasteiger partial charge in [-0.05, 0) is 48.7 Å². The Kier molecular flexibility index (Phi) is 5.60. The molecule has 2 aliphatic rings. The molecule has 0 saturated carbocycles. The summed E-state index contributed by atoms with van der Waals surface area (Å²) in [5, 5.41) is 9.58. The zero-order valence-corrected chi connectivity index (χ0v) is 16.3. The first-order valence-corrected chi connectivity index (χ1v) is 9.77. The van der Waals surface area contributed by atoms with E-state index in [1.807, 2.05) is 6.07 Å². The highest BCUT2D eigenvalue weighted by atomic mass is 19.1. The van der Waals surface area contributed by atoms with Crippen LogP contribution in [0.3, 0.4) is 0 Å². The SMILES string of the molecule is O=C(NCc1cccnc1)C1=NO[C@@]2(CCCN(C(=O)Nc3ccc(F)cc3)C2)C1. The lowest BCUT2D eigenvalue weighted by Crippen LogP contribution is -2.52. The Balaban J connectivity index is 1.32. The van der Waals surface area contributed by atoms with Crippen LogP contribution in [0.5, 0.6) is 0 Å². The number of halogens is 1. The summed E-state index contributed by atoms with van der Waals surface area (Å²) in [5.74, 6) is -0.653. The molecule has 4 rings (SSSR count). The average molecular weight is 411 g/mol. The third-order valence-electron chi connectivity index (χ3n) is 5.20. The van der Waals surface area contributed by atoms with E-state index in [0.29, 0.717) is 43.9 Å². The van der Waals surface area contributed by atoms with Gasteiger partial charge in [0.2, 0.25) is 0 Å². The third kappa shape index (κ3) is 4.56. The van der Waals surface area contributed by atoms with E-state index in [4.69, 9.17) is 4.84 Å². The number of hydrogen-bond acceptors (Lipinski definition) is 5. The van der Waals surface area contributed by atoms with Crippen molar-refractivity contribution in [3.8, 4) is 0 Å². The molecule has 3 amide bonds. The fourth-order valence-corrected chi connectivity index (χ4v) is 3.66. The van der Waals surface area contributed by atoms with Crippen LogP contribution in [0.1, 0.15) is 24.8 Å². The fraction of sp³-hybridized carbons (Fsp3) is 0.333. The van der Waals surface area contributed by atoms with Gasteiger partial charge in [-0.15, -0.1) is 0 Å². The molecule has 3 heterocycles. The smallest absolute Gasteiger partial charge is 0.321 e.